The Bertz CT molecular complexity index is 822. The molecule has 6 nitrogen and oxygen atoms in total. The van der Waals surface area contributed by atoms with Crippen LogP contribution in [0.25, 0.3) is 0 Å². The van der Waals surface area contributed by atoms with E-state index in [9.17, 15) is 0 Å². The maximum Gasteiger partial charge on any atom is 0.194 e. The third-order valence-electron chi connectivity index (χ3n) is 4.71. The van der Waals surface area contributed by atoms with Gasteiger partial charge in [-0.2, -0.15) is 0 Å². The molecule has 26 heavy (non-hydrogen) atoms. The standard InChI is InChI=1S/C20H24N4O2/c1-3-25-18-9-13-8-12(2)26-17(13)11-15(18)14-10-16(14)23-20(21)24-19-6-4-5-7-22-19/h4-7,9,11-12,14,16H,3,8,10H2,1-2H3,(H3,21,22,23,24). The van der Waals surface area contributed by atoms with Crippen molar-refractivity contribution in [1.82, 2.24) is 4.98 Å². The monoisotopic (exact) mass is 352 g/mol. The average Bonchev–Trinajstić information content (AvgIpc) is 3.26. The van der Waals surface area contributed by atoms with Gasteiger partial charge in [0, 0.05) is 29.7 Å². The number of nitrogens with one attached hydrogen (secondary N) is 1. The molecule has 1 saturated carbocycles. The second kappa shape index (κ2) is 6.86. The van der Waals surface area contributed by atoms with Crippen molar-refractivity contribution in [3.8, 4) is 11.5 Å². The van der Waals surface area contributed by atoms with E-state index in [1.165, 1.54) is 11.1 Å². The molecule has 6 heteroatoms. The zero-order valence-electron chi connectivity index (χ0n) is 15.1. The third-order valence-corrected chi connectivity index (χ3v) is 4.71. The Balaban J connectivity index is 1.50. The summed E-state index contributed by atoms with van der Waals surface area (Å²) in [5, 5.41) is 3.03. The molecule has 1 fully saturated rings. The summed E-state index contributed by atoms with van der Waals surface area (Å²) in [6.45, 7) is 4.74. The first-order valence-electron chi connectivity index (χ1n) is 9.11. The van der Waals surface area contributed by atoms with Crippen LogP contribution in [0, 0.1) is 0 Å². The summed E-state index contributed by atoms with van der Waals surface area (Å²) in [6.07, 6.45) is 3.83. The van der Waals surface area contributed by atoms with E-state index < -0.39 is 0 Å². The number of ether oxygens (including phenoxy) is 2. The van der Waals surface area contributed by atoms with Gasteiger partial charge in [0.05, 0.1) is 12.6 Å². The van der Waals surface area contributed by atoms with Gasteiger partial charge in [0.2, 0.25) is 0 Å². The fourth-order valence-corrected chi connectivity index (χ4v) is 3.46. The Kier molecular flexibility index (Phi) is 4.41. The van der Waals surface area contributed by atoms with E-state index in [-0.39, 0.29) is 12.1 Å². The molecule has 1 aromatic heterocycles. The number of aliphatic imine (C=N–C) groups is 1. The number of fused-ring (bicyclic) bond motifs is 1. The Morgan fingerprint density at radius 1 is 1.42 bits per heavy atom. The lowest BCUT2D eigenvalue weighted by molar-refractivity contribution is 0.254. The van der Waals surface area contributed by atoms with Gasteiger partial charge in [0.1, 0.15) is 23.4 Å². The lowest BCUT2D eigenvalue weighted by Crippen LogP contribution is -2.23. The van der Waals surface area contributed by atoms with Gasteiger partial charge in [-0.05, 0) is 44.5 Å². The number of aromatic nitrogens is 1. The largest absolute Gasteiger partial charge is 0.494 e. The number of anilines is 1. The number of hydrogen-bond acceptors (Lipinski definition) is 4. The Hall–Kier alpha value is -2.76. The Morgan fingerprint density at radius 2 is 2.31 bits per heavy atom. The average molecular weight is 352 g/mol. The van der Waals surface area contributed by atoms with Crippen LogP contribution in [0.2, 0.25) is 0 Å². The molecule has 0 saturated heterocycles. The van der Waals surface area contributed by atoms with Crippen molar-refractivity contribution in [2.45, 2.75) is 44.8 Å². The van der Waals surface area contributed by atoms with E-state index >= 15 is 0 Å². The second-order valence-corrected chi connectivity index (χ2v) is 6.83. The van der Waals surface area contributed by atoms with Crippen LogP contribution >= 0.6 is 0 Å². The molecule has 0 amide bonds. The lowest BCUT2D eigenvalue weighted by Gasteiger charge is -2.12. The lowest BCUT2D eigenvalue weighted by atomic mass is 10.0. The number of guanidine groups is 1. The molecule has 3 atom stereocenters. The van der Waals surface area contributed by atoms with E-state index in [1.54, 1.807) is 6.20 Å². The van der Waals surface area contributed by atoms with Gasteiger partial charge in [-0.25, -0.2) is 9.98 Å². The highest BCUT2D eigenvalue weighted by Crippen LogP contribution is 2.49. The SMILES string of the molecule is CCOc1cc2c(cc1C1CC1N=C(N)Nc1ccccn1)OC(C)C2. The summed E-state index contributed by atoms with van der Waals surface area (Å²) in [4.78, 5) is 8.80. The molecule has 2 aromatic rings. The van der Waals surface area contributed by atoms with Gasteiger partial charge in [0.25, 0.3) is 0 Å². The number of nitrogens with two attached hydrogens (primary N) is 1. The van der Waals surface area contributed by atoms with E-state index in [0.29, 0.717) is 24.3 Å². The van der Waals surface area contributed by atoms with Crippen LogP contribution in [0.4, 0.5) is 5.82 Å². The molecule has 2 aliphatic rings. The zero-order chi connectivity index (χ0) is 18.1. The van der Waals surface area contributed by atoms with Crippen LogP contribution in [0.3, 0.4) is 0 Å². The van der Waals surface area contributed by atoms with E-state index in [4.69, 9.17) is 15.2 Å². The van der Waals surface area contributed by atoms with Gasteiger partial charge < -0.3 is 20.5 Å². The fraction of sp³-hybridized carbons (Fsp3) is 0.400. The first-order valence-corrected chi connectivity index (χ1v) is 9.11. The van der Waals surface area contributed by atoms with Crippen LogP contribution in [-0.4, -0.2) is 29.7 Å². The highest BCUT2D eigenvalue weighted by Gasteiger charge is 2.41. The molecule has 0 spiro atoms. The summed E-state index contributed by atoms with van der Waals surface area (Å²) in [5.74, 6) is 3.32. The predicted molar refractivity (Wildman–Crippen MR) is 102 cm³/mol. The van der Waals surface area contributed by atoms with Gasteiger partial charge >= 0.3 is 0 Å². The summed E-state index contributed by atoms with van der Waals surface area (Å²) in [5.41, 5.74) is 8.42. The van der Waals surface area contributed by atoms with E-state index in [2.05, 4.69) is 34.3 Å². The van der Waals surface area contributed by atoms with Crippen LogP contribution in [0.5, 0.6) is 11.5 Å². The van der Waals surface area contributed by atoms with E-state index in [1.807, 2.05) is 25.1 Å². The van der Waals surface area contributed by atoms with Crippen molar-refractivity contribution in [2.24, 2.45) is 10.7 Å². The molecule has 1 aromatic carbocycles. The quantitative estimate of drug-likeness (QED) is 0.638. The highest BCUT2D eigenvalue weighted by atomic mass is 16.5. The minimum atomic E-state index is 0.155. The van der Waals surface area contributed by atoms with Gasteiger partial charge in [-0.3, -0.25) is 0 Å². The van der Waals surface area contributed by atoms with Crippen molar-refractivity contribution in [1.29, 1.82) is 0 Å². The van der Waals surface area contributed by atoms with Crippen molar-refractivity contribution < 1.29 is 9.47 Å². The van der Waals surface area contributed by atoms with Crippen LogP contribution < -0.4 is 20.5 Å². The van der Waals surface area contributed by atoms with Crippen molar-refractivity contribution in [3.63, 3.8) is 0 Å². The minimum absolute atomic E-state index is 0.155. The number of hydrogen-bond donors (Lipinski definition) is 2. The topological polar surface area (TPSA) is 81.8 Å². The summed E-state index contributed by atoms with van der Waals surface area (Å²) in [6, 6.07) is 10.0. The van der Waals surface area contributed by atoms with Gasteiger partial charge in [0.15, 0.2) is 5.96 Å². The summed E-state index contributed by atoms with van der Waals surface area (Å²) >= 11 is 0. The normalized spacial score (nSPS) is 23.9. The van der Waals surface area contributed by atoms with Crippen molar-refractivity contribution in [2.75, 3.05) is 11.9 Å². The zero-order valence-corrected chi connectivity index (χ0v) is 15.1. The van der Waals surface area contributed by atoms with Crippen LogP contribution in [0.1, 0.15) is 37.3 Å². The second-order valence-electron chi connectivity index (χ2n) is 6.83. The number of pyridine rings is 1. The summed E-state index contributed by atoms with van der Waals surface area (Å²) in [7, 11) is 0. The number of benzene rings is 1. The predicted octanol–water partition coefficient (Wildman–Crippen LogP) is 3.09. The molecule has 3 unspecified atom stereocenters. The number of rotatable bonds is 5. The van der Waals surface area contributed by atoms with E-state index in [0.717, 1.165) is 24.3 Å². The van der Waals surface area contributed by atoms with Crippen molar-refractivity contribution >= 4 is 11.8 Å². The van der Waals surface area contributed by atoms with Gasteiger partial charge in [-0.15, -0.1) is 0 Å². The maximum atomic E-state index is 6.04. The molecule has 2 heterocycles. The molecule has 0 bridgehead atoms. The molecule has 4 rings (SSSR count). The Labute approximate surface area is 153 Å². The molecule has 136 valence electrons. The smallest absolute Gasteiger partial charge is 0.194 e. The molecule has 3 N–H and O–H groups in total. The highest BCUT2D eigenvalue weighted by molar-refractivity contribution is 5.91. The summed E-state index contributed by atoms with van der Waals surface area (Å²) < 4.78 is 11.8. The van der Waals surface area contributed by atoms with Gasteiger partial charge in [-0.1, -0.05) is 6.07 Å². The third kappa shape index (κ3) is 3.45. The molecular formula is C20H24N4O2. The van der Waals surface area contributed by atoms with Crippen LogP contribution in [-0.2, 0) is 6.42 Å². The molecular weight excluding hydrogens is 328 g/mol. The first kappa shape index (κ1) is 16.7. The molecule has 1 aliphatic carbocycles. The number of nitrogens with zero attached hydrogens (tertiary/aromatic N) is 2. The molecule has 1 aliphatic heterocycles. The van der Waals surface area contributed by atoms with Crippen molar-refractivity contribution in [3.05, 3.63) is 47.7 Å². The molecule has 0 radical (unpaired) electrons. The maximum absolute atomic E-state index is 6.04. The fourth-order valence-electron chi connectivity index (χ4n) is 3.46. The Morgan fingerprint density at radius 3 is 3.08 bits per heavy atom. The minimum Gasteiger partial charge on any atom is -0.494 e. The van der Waals surface area contributed by atoms with Crippen LogP contribution in [0.15, 0.2) is 41.5 Å². The first-order chi connectivity index (χ1) is 12.6.